The molecule has 0 heterocycles. The molecule has 6 N–H and O–H groups in total. The number of nitro benzene ring substituents is 1. The number of amides is 2. The molecule has 0 saturated heterocycles. The fourth-order valence-corrected chi connectivity index (χ4v) is 2.12. The summed E-state index contributed by atoms with van der Waals surface area (Å²) in [6.07, 6.45) is -0.0425. The van der Waals surface area contributed by atoms with Crippen molar-refractivity contribution >= 4 is 29.3 Å². The van der Waals surface area contributed by atoms with Gasteiger partial charge < -0.3 is 26.8 Å². The summed E-state index contributed by atoms with van der Waals surface area (Å²) in [7, 11) is 0. The van der Waals surface area contributed by atoms with E-state index in [1.165, 1.54) is 24.3 Å². The first kappa shape index (κ1) is 22.7. The highest BCUT2D eigenvalue weighted by atomic mass is 16.6. The molecule has 11 heteroatoms. The normalized spacial score (nSPS) is 11.8. The monoisotopic (exact) mass is 394 g/mol. The number of rotatable bonds is 8. The van der Waals surface area contributed by atoms with Crippen LogP contribution in [0, 0.1) is 10.1 Å². The Morgan fingerprint density at radius 1 is 1.25 bits per heavy atom. The molecular formula is C17H26N6O5. The number of anilines is 1. The summed E-state index contributed by atoms with van der Waals surface area (Å²) in [5.41, 5.74) is 10.1. The molecule has 1 aromatic rings. The van der Waals surface area contributed by atoms with Crippen molar-refractivity contribution in [3.8, 4) is 0 Å². The molecule has 11 nitrogen and oxygen atoms in total. The molecule has 28 heavy (non-hydrogen) atoms. The van der Waals surface area contributed by atoms with E-state index in [0.29, 0.717) is 18.7 Å². The number of guanidine groups is 1. The van der Waals surface area contributed by atoms with Gasteiger partial charge in [-0.05, 0) is 45.7 Å². The number of alkyl carbamates (subject to hydrolysis) is 1. The third kappa shape index (κ3) is 8.83. The lowest BCUT2D eigenvalue weighted by Crippen LogP contribution is -2.45. The predicted octanol–water partition coefficient (Wildman–Crippen LogP) is 1.48. The molecule has 0 radical (unpaired) electrons. The standard InChI is InChI=1S/C17H26N6O5/c1-17(2,3)28-16(25)22-13(5-4-10-20-15(18)19)14(24)21-11-6-8-12(9-7-11)23(26)27/h6-9,13H,4-5,10H2,1-3H3,(H,21,24)(H,22,25)(H4,18,19,20). The number of nitrogens with zero attached hydrogens (tertiary/aromatic N) is 2. The Kier molecular flexibility index (Phi) is 8.17. The van der Waals surface area contributed by atoms with E-state index in [2.05, 4.69) is 15.6 Å². The summed E-state index contributed by atoms with van der Waals surface area (Å²) < 4.78 is 5.18. The SMILES string of the molecule is CC(C)(C)OC(=O)NC(CCCN=C(N)N)C(=O)Nc1ccc([N+](=O)[O-])cc1. The van der Waals surface area contributed by atoms with E-state index in [9.17, 15) is 19.7 Å². The van der Waals surface area contributed by atoms with Gasteiger partial charge in [0.2, 0.25) is 5.91 Å². The average molecular weight is 394 g/mol. The van der Waals surface area contributed by atoms with E-state index in [1.807, 2.05) is 0 Å². The van der Waals surface area contributed by atoms with Crippen LogP contribution in [0.25, 0.3) is 0 Å². The average Bonchev–Trinajstić information content (AvgIpc) is 2.56. The number of benzene rings is 1. The highest BCUT2D eigenvalue weighted by Gasteiger charge is 2.24. The van der Waals surface area contributed by atoms with Crippen LogP contribution >= 0.6 is 0 Å². The van der Waals surface area contributed by atoms with Gasteiger partial charge >= 0.3 is 6.09 Å². The molecule has 154 valence electrons. The Morgan fingerprint density at radius 2 is 1.86 bits per heavy atom. The van der Waals surface area contributed by atoms with Crippen LogP contribution in [0.3, 0.4) is 0 Å². The molecule has 0 aliphatic heterocycles. The number of nitrogens with one attached hydrogen (secondary N) is 2. The number of nitrogens with two attached hydrogens (primary N) is 2. The minimum Gasteiger partial charge on any atom is -0.444 e. The molecule has 0 aliphatic carbocycles. The number of carbonyl (C=O) groups excluding carboxylic acids is 2. The Balaban J connectivity index is 2.79. The van der Waals surface area contributed by atoms with Crippen LogP contribution in [0.4, 0.5) is 16.2 Å². The zero-order valence-corrected chi connectivity index (χ0v) is 16.1. The highest BCUT2D eigenvalue weighted by Crippen LogP contribution is 2.16. The van der Waals surface area contributed by atoms with Crippen LogP contribution in [0.2, 0.25) is 0 Å². The third-order valence-corrected chi connectivity index (χ3v) is 3.30. The first-order valence-electron chi connectivity index (χ1n) is 8.58. The van der Waals surface area contributed by atoms with Crippen molar-refractivity contribution in [2.75, 3.05) is 11.9 Å². The van der Waals surface area contributed by atoms with Crippen LogP contribution in [0.15, 0.2) is 29.3 Å². The fourth-order valence-electron chi connectivity index (χ4n) is 2.12. The number of carbonyl (C=O) groups is 2. The summed E-state index contributed by atoms with van der Waals surface area (Å²) in [5, 5.41) is 15.8. The predicted molar refractivity (Wildman–Crippen MR) is 105 cm³/mol. The largest absolute Gasteiger partial charge is 0.444 e. The number of ether oxygens (including phenoxy) is 1. The van der Waals surface area contributed by atoms with Crippen molar-refractivity contribution in [2.24, 2.45) is 16.5 Å². The Labute approximate surface area is 162 Å². The molecule has 0 aromatic heterocycles. The molecule has 0 fully saturated rings. The van der Waals surface area contributed by atoms with Crippen LogP contribution in [-0.4, -0.2) is 41.1 Å². The van der Waals surface area contributed by atoms with E-state index in [4.69, 9.17) is 16.2 Å². The highest BCUT2D eigenvalue weighted by molar-refractivity contribution is 5.96. The van der Waals surface area contributed by atoms with E-state index in [-0.39, 0.29) is 18.1 Å². The van der Waals surface area contributed by atoms with Gasteiger partial charge in [-0.25, -0.2) is 4.79 Å². The van der Waals surface area contributed by atoms with Crippen molar-refractivity contribution in [1.82, 2.24) is 5.32 Å². The topological polar surface area (TPSA) is 175 Å². The zero-order valence-electron chi connectivity index (χ0n) is 16.1. The van der Waals surface area contributed by atoms with Gasteiger partial charge in [0.05, 0.1) is 4.92 Å². The van der Waals surface area contributed by atoms with Gasteiger partial charge in [-0.3, -0.25) is 19.9 Å². The number of hydrogen-bond acceptors (Lipinski definition) is 6. The number of non-ortho nitro benzene ring substituents is 1. The van der Waals surface area contributed by atoms with Gasteiger partial charge in [0.25, 0.3) is 5.69 Å². The molecule has 1 atom stereocenters. The Morgan fingerprint density at radius 3 is 2.36 bits per heavy atom. The lowest BCUT2D eigenvalue weighted by molar-refractivity contribution is -0.384. The number of aliphatic imine (C=N–C) groups is 1. The molecule has 0 bridgehead atoms. The quantitative estimate of drug-likeness (QED) is 0.170. The number of hydrogen-bond donors (Lipinski definition) is 4. The lowest BCUT2D eigenvalue weighted by atomic mass is 10.1. The smallest absolute Gasteiger partial charge is 0.408 e. The third-order valence-electron chi connectivity index (χ3n) is 3.30. The van der Waals surface area contributed by atoms with Crippen molar-refractivity contribution in [3.05, 3.63) is 34.4 Å². The maximum Gasteiger partial charge on any atom is 0.408 e. The van der Waals surface area contributed by atoms with E-state index in [0.717, 1.165) is 0 Å². The molecule has 0 aliphatic rings. The van der Waals surface area contributed by atoms with E-state index in [1.54, 1.807) is 20.8 Å². The molecule has 1 unspecified atom stereocenters. The lowest BCUT2D eigenvalue weighted by Gasteiger charge is -2.23. The second kappa shape index (κ2) is 10.1. The minimum atomic E-state index is -0.903. The second-order valence-electron chi connectivity index (χ2n) is 6.94. The maximum atomic E-state index is 12.6. The molecule has 0 spiro atoms. The van der Waals surface area contributed by atoms with E-state index < -0.39 is 28.6 Å². The minimum absolute atomic E-state index is 0.0630. The van der Waals surface area contributed by atoms with Crippen LogP contribution in [0.5, 0.6) is 0 Å². The van der Waals surface area contributed by atoms with Crippen LogP contribution in [0.1, 0.15) is 33.6 Å². The zero-order chi connectivity index (χ0) is 21.3. The Hall–Kier alpha value is -3.37. The van der Waals surface area contributed by atoms with Gasteiger partial charge in [0.15, 0.2) is 5.96 Å². The first-order chi connectivity index (χ1) is 13.0. The second-order valence-corrected chi connectivity index (χ2v) is 6.94. The van der Waals surface area contributed by atoms with Crippen LogP contribution < -0.4 is 22.1 Å². The van der Waals surface area contributed by atoms with Crippen molar-refractivity contribution in [3.63, 3.8) is 0 Å². The van der Waals surface area contributed by atoms with Crippen molar-refractivity contribution < 1.29 is 19.2 Å². The van der Waals surface area contributed by atoms with Gasteiger partial charge in [-0.2, -0.15) is 0 Å². The van der Waals surface area contributed by atoms with E-state index >= 15 is 0 Å². The summed E-state index contributed by atoms with van der Waals surface area (Å²) >= 11 is 0. The molecule has 1 aromatic carbocycles. The molecule has 1 rings (SSSR count). The summed E-state index contributed by atoms with van der Waals surface area (Å²) in [6, 6.07) is 4.44. The van der Waals surface area contributed by atoms with Gasteiger partial charge in [0, 0.05) is 24.4 Å². The summed E-state index contributed by atoms with van der Waals surface area (Å²) in [4.78, 5) is 38.6. The Bertz CT molecular complexity index is 723. The number of nitro groups is 1. The van der Waals surface area contributed by atoms with Crippen molar-refractivity contribution in [1.29, 1.82) is 0 Å². The summed E-state index contributed by atoms with van der Waals surface area (Å²) in [6.45, 7) is 5.41. The maximum absolute atomic E-state index is 12.6. The molecule has 2 amide bonds. The van der Waals surface area contributed by atoms with Gasteiger partial charge in [0.1, 0.15) is 11.6 Å². The first-order valence-corrected chi connectivity index (χ1v) is 8.58. The van der Waals surface area contributed by atoms with Crippen LogP contribution in [-0.2, 0) is 9.53 Å². The molecule has 0 saturated carbocycles. The fraction of sp³-hybridized carbons (Fsp3) is 0.471. The van der Waals surface area contributed by atoms with Crippen molar-refractivity contribution in [2.45, 2.75) is 45.3 Å². The van der Waals surface area contributed by atoms with Gasteiger partial charge in [-0.1, -0.05) is 0 Å². The molecular weight excluding hydrogens is 368 g/mol. The van der Waals surface area contributed by atoms with Gasteiger partial charge in [-0.15, -0.1) is 0 Å². The summed E-state index contributed by atoms with van der Waals surface area (Å²) in [5.74, 6) is -0.559.